The van der Waals surface area contributed by atoms with Gasteiger partial charge in [0.05, 0.1) is 5.69 Å². The van der Waals surface area contributed by atoms with Crippen LogP contribution in [-0.4, -0.2) is 0 Å². The fourth-order valence-corrected chi connectivity index (χ4v) is 8.58. The molecule has 0 N–H and O–H groups in total. The van der Waals surface area contributed by atoms with Crippen LogP contribution in [0.2, 0.25) is 0 Å². The Bertz CT molecular complexity index is 2940. The molecule has 0 bridgehead atoms. The van der Waals surface area contributed by atoms with E-state index in [1.165, 1.54) is 104 Å². The second-order valence-electron chi connectivity index (χ2n) is 14.9. The van der Waals surface area contributed by atoms with Crippen LogP contribution in [0.4, 0.5) is 17.1 Å². The molecule has 0 fully saturated rings. The van der Waals surface area contributed by atoms with Crippen LogP contribution < -0.4 is 4.90 Å². The van der Waals surface area contributed by atoms with Gasteiger partial charge in [-0.05, 0) is 123 Å². The monoisotopic (exact) mass is 677 g/mol. The lowest BCUT2D eigenvalue weighted by atomic mass is 9.87. The molecule has 0 aliphatic rings. The maximum absolute atomic E-state index is 2.46. The molecule has 252 valence electrons. The van der Waals surface area contributed by atoms with Crippen molar-refractivity contribution in [2.24, 2.45) is 0 Å². The van der Waals surface area contributed by atoms with E-state index in [1.807, 2.05) is 0 Å². The first kappa shape index (κ1) is 31.3. The number of aryl methyl sites for hydroxylation is 4. The minimum absolute atomic E-state index is 1.15. The number of nitrogens with zero attached hydrogens (tertiary/aromatic N) is 1. The van der Waals surface area contributed by atoms with E-state index in [-0.39, 0.29) is 0 Å². The largest absolute Gasteiger partial charge is 0.309 e. The standard InChI is InChI=1S/C52H39N/c1-32-8-22-41(23-9-32)53(42-24-10-33(2)11-25-42)52-46-27-13-34(3)30-47(46)50(45-26-12-35(4)31-48(45)52)39-16-14-36(15-17-39)43-28-20-40-19-18-37-6-5-7-38-21-29-44(43)51(40)49(37)38/h5-31H,1-4H3. The van der Waals surface area contributed by atoms with Gasteiger partial charge in [0.15, 0.2) is 0 Å². The van der Waals surface area contributed by atoms with Crippen LogP contribution in [0.15, 0.2) is 164 Å². The third-order valence-corrected chi connectivity index (χ3v) is 11.2. The molecule has 10 aromatic carbocycles. The zero-order chi connectivity index (χ0) is 35.8. The van der Waals surface area contributed by atoms with E-state index in [9.17, 15) is 0 Å². The Morgan fingerprint density at radius 2 is 0.830 bits per heavy atom. The summed E-state index contributed by atoms with van der Waals surface area (Å²) in [6.45, 7) is 8.72. The van der Waals surface area contributed by atoms with Crippen LogP contribution >= 0.6 is 0 Å². The molecular weight excluding hydrogens is 639 g/mol. The highest BCUT2D eigenvalue weighted by molar-refractivity contribution is 6.26. The average Bonchev–Trinajstić information content (AvgIpc) is 3.18. The van der Waals surface area contributed by atoms with E-state index in [4.69, 9.17) is 0 Å². The zero-order valence-corrected chi connectivity index (χ0v) is 30.5. The number of anilines is 3. The summed E-state index contributed by atoms with van der Waals surface area (Å²) in [4.78, 5) is 2.46. The predicted molar refractivity (Wildman–Crippen MR) is 230 cm³/mol. The second kappa shape index (κ2) is 12.1. The second-order valence-corrected chi connectivity index (χ2v) is 14.9. The van der Waals surface area contributed by atoms with Crippen molar-refractivity contribution in [1.82, 2.24) is 0 Å². The summed E-state index contributed by atoms with van der Waals surface area (Å²) >= 11 is 0. The number of fused-ring (bicyclic) bond motifs is 2. The first-order valence-electron chi connectivity index (χ1n) is 18.6. The molecule has 53 heavy (non-hydrogen) atoms. The van der Waals surface area contributed by atoms with Gasteiger partial charge in [0, 0.05) is 22.1 Å². The Kier molecular flexibility index (Phi) is 7.13. The Morgan fingerprint density at radius 3 is 1.47 bits per heavy atom. The minimum atomic E-state index is 1.15. The van der Waals surface area contributed by atoms with Gasteiger partial charge in [0.2, 0.25) is 0 Å². The van der Waals surface area contributed by atoms with Crippen molar-refractivity contribution in [3.8, 4) is 22.3 Å². The summed E-state index contributed by atoms with van der Waals surface area (Å²) in [5.41, 5.74) is 13.5. The lowest BCUT2D eigenvalue weighted by molar-refractivity contribution is 1.29. The minimum Gasteiger partial charge on any atom is -0.309 e. The van der Waals surface area contributed by atoms with Gasteiger partial charge in [-0.1, -0.05) is 156 Å². The zero-order valence-electron chi connectivity index (χ0n) is 30.5. The van der Waals surface area contributed by atoms with Gasteiger partial charge in [-0.15, -0.1) is 0 Å². The molecule has 1 nitrogen and oxygen atoms in total. The third-order valence-electron chi connectivity index (χ3n) is 11.2. The number of rotatable bonds is 5. The quantitative estimate of drug-likeness (QED) is 0.129. The topological polar surface area (TPSA) is 3.24 Å². The third kappa shape index (κ3) is 5.07. The Labute approximate surface area is 310 Å². The van der Waals surface area contributed by atoms with Gasteiger partial charge in [0.1, 0.15) is 0 Å². The molecule has 0 atom stereocenters. The molecule has 0 aromatic heterocycles. The van der Waals surface area contributed by atoms with Crippen molar-refractivity contribution in [1.29, 1.82) is 0 Å². The SMILES string of the molecule is Cc1ccc(N(c2ccc(C)cc2)c2c3ccc(C)cc3c(-c3ccc(-c4ccc5ccc6cccc7ccc4c5c67)cc3)c3ccc(C)cc23)cc1. The summed E-state index contributed by atoms with van der Waals surface area (Å²) in [5, 5.41) is 12.9. The maximum atomic E-state index is 2.46. The molecule has 0 aliphatic heterocycles. The highest BCUT2D eigenvalue weighted by atomic mass is 15.1. The summed E-state index contributed by atoms with van der Waals surface area (Å²) in [5.74, 6) is 0. The molecule has 10 rings (SSSR count). The van der Waals surface area contributed by atoms with Crippen LogP contribution in [0.3, 0.4) is 0 Å². The van der Waals surface area contributed by atoms with Crippen molar-refractivity contribution >= 4 is 70.9 Å². The summed E-state index contributed by atoms with van der Waals surface area (Å²) < 4.78 is 0. The van der Waals surface area contributed by atoms with Crippen molar-refractivity contribution < 1.29 is 0 Å². The van der Waals surface area contributed by atoms with Crippen molar-refractivity contribution in [2.75, 3.05) is 4.90 Å². The highest BCUT2D eigenvalue weighted by Crippen LogP contribution is 2.49. The lowest BCUT2D eigenvalue weighted by Gasteiger charge is -2.30. The van der Waals surface area contributed by atoms with Gasteiger partial charge >= 0.3 is 0 Å². The molecule has 10 aromatic rings. The molecule has 0 unspecified atom stereocenters. The number of hydrogen-bond donors (Lipinski definition) is 0. The Balaban J connectivity index is 1.21. The molecule has 0 aliphatic carbocycles. The maximum Gasteiger partial charge on any atom is 0.0618 e. The first-order valence-corrected chi connectivity index (χ1v) is 18.6. The van der Waals surface area contributed by atoms with Crippen LogP contribution in [-0.2, 0) is 0 Å². The van der Waals surface area contributed by atoms with Crippen molar-refractivity contribution in [2.45, 2.75) is 27.7 Å². The van der Waals surface area contributed by atoms with Gasteiger partial charge in [0.25, 0.3) is 0 Å². The van der Waals surface area contributed by atoms with Crippen molar-refractivity contribution in [3.05, 3.63) is 186 Å². The average molecular weight is 678 g/mol. The smallest absolute Gasteiger partial charge is 0.0618 e. The lowest BCUT2D eigenvalue weighted by Crippen LogP contribution is -2.11. The molecule has 0 amide bonds. The molecule has 1 heteroatoms. The van der Waals surface area contributed by atoms with E-state index >= 15 is 0 Å². The van der Waals surface area contributed by atoms with Crippen LogP contribution in [0.25, 0.3) is 76.1 Å². The molecule has 0 radical (unpaired) electrons. The van der Waals surface area contributed by atoms with Gasteiger partial charge in [-0.2, -0.15) is 0 Å². The van der Waals surface area contributed by atoms with E-state index in [1.54, 1.807) is 0 Å². The Hall–Kier alpha value is -6.44. The first-order chi connectivity index (χ1) is 25.9. The Morgan fingerprint density at radius 1 is 0.340 bits per heavy atom. The molecule has 0 saturated heterocycles. The van der Waals surface area contributed by atoms with Gasteiger partial charge in [-0.3, -0.25) is 0 Å². The van der Waals surface area contributed by atoms with Crippen LogP contribution in [0.5, 0.6) is 0 Å². The van der Waals surface area contributed by atoms with Gasteiger partial charge in [-0.25, -0.2) is 0 Å². The van der Waals surface area contributed by atoms with E-state index in [0.29, 0.717) is 0 Å². The molecule has 0 saturated carbocycles. The van der Waals surface area contributed by atoms with Crippen LogP contribution in [0, 0.1) is 27.7 Å². The van der Waals surface area contributed by atoms with E-state index in [0.717, 1.165) is 11.4 Å². The van der Waals surface area contributed by atoms with Crippen LogP contribution in [0.1, 0.15) is 22.3 Å². The normalized spacial score (nSPS) is 11.8. The highest BCUT2D eigenvalue weighted by Gasteiger charge is 2.23. The molecule has 0 heterocycles. The van der Waals surface area contributed by atoms with E-state index < -0.39 is 0 Å². The molecular formula is C52H39N. The summed E-state index contributed by atoms with van der Waals surface area (Å²) in [6, 6.07) is 61.4. The molecule has 0 spiro atoms. The van der Waals surface area contributed by atoms with Gasteiger partial charge < -0.3 is 4.90 Å². The van der Waals surface area contributed by atoms with E-state index in [2.05, 4.69) is 196 Å². The fraction of sp³-hybridized carbons (Fsp3) is 0.0769. The fourth-order valence-electron chi connectivity index (χ4n) is 8.58. The van der Waals surface area contributed by atoms with Crippen molar-refractivity contribution in [3.63, 3.8) is 0 Å². The number of benzene rings is 10. The number of hydrogen-bond acceptors (Lipinski definition) is 1. The summed E-state index contributed by atoms with van der Waals surface area (Å²) in [6.07, 6.45) is 0. The summed E-state index contributed by atoms with van der Waals surface area (Å²) in [7, 11) is 0. The predicted octanol–water partition coefficient (Wildman–Crippen LogP) is 14.9.